The van der Waals surface area contributed by atoms with Crippen LogP contribution in [0.15, 0.2) is 12.4 Å². The molecule has 136 valence electrons. The molecule has 1 spiro atoms. The Morgan fingerprint density at radius 2 is 1.84 bits per heavy atom. The van der Waals surface area contributed by atoms with Gasteiger partial charge in [-0.3, -0.25) is 9.69 Å². The first-order chi connectivity index (χ1) is 11.9. The number of carbonyl (C=O) groups excluding carboxylic acids is 2. The number of urea groups is 1. The predicted molar refractivity (Wildman–Crippen MR) is 92.5 cm³/mol. The lowest BCUT2D eigenvalue weighted by Gasteiger charge is -2.43. The van der Waals surface area contributed by atoms with E-state index in [0.717, 1.165) is 0 Å². The number of piperidine rings is 1. The molecule has 25 heavy (non-hydrogen) atoms. The molecule has 2 aliphatic rings. The number of aromatic nitrogens is 2. The SMILES string of the molecule is COc1nccnc1N1CCC2(CC1)C(=O)N(C)C(=O)N2CC(C)C. The average molecular weight is 347 g/mol. The first kappa shape index (κ1) is 17.4. The summed E-state index contributed by atoms with van der Waals surface area (Å²) in [5.74, 6) is 1.37. The minimum absolute atomic E-state index is 0.0936. The monoisotopic (exact) mass is 347 g/mol. The molecular formula is C17H25N5O3. The Kier molecular flexibility index (Phi) is 4.53. The summed E-state index contributed by atoms with van der Waals surface area (Å²) < 4.78 is 5.29. The lowest BCUT2D eigenvalue weighted by atomic mass is 9.85. The van der Waals surface area contributed by atoms with Gasteiger partial charge in [-0.1, -0.05) is 13.8 Å². The molecule has 0 aromatic carbocycles. The fraction of sp³-hybridized carbons (Fsp3) is 0.647. The lowest BCUT2D eigenvalue weighted by molar-refractivity contribution is -0.133. The van der Waals surface area contributed by atoms with Gasteiger partial charge in [0.05, 0.1) is 7.11 Å². The summed E-state index contributed by atoms with van der Waals surface area (Å²) in [5.41, 5.74) is -0.734. The van der Waals surface area contributed by atoms with Crippen LogP contribution in [0.3, 0.4) is 0 Å². The average Bonchev–Trinajstić information content (AvgIpc) is 2.78. The number of imide groups is 1. The summed E-state index contributed by atoms with van der Waals surface area (Å²) in [7, 11) is 3.14. The number of ether oxygens (including phenoxy) is 1. The van der Waals surface area contributed by atoms with Crippen molar-refractivity contribution in [1.29, 1.82) is 0 Å². The maximum atomic E-state index is 12.8. The number of amides is 3. The molecular weight excluding hydrogens is 322 g/mol. The van der Waals surface area contributed by atoms with Crippen molar-refractivity contribution in [3.05, 3.63) is 12.4 Å². The van der Waals surface area contributed by atoms with Crippen molar-refractivity contribution < 1.29 is 14.3 Å². The van der Waals surface area contributed by atoms with Gasteiger partial charge in [0.25, 0.3) is 11.8 Å². The van der Waals surface area contributed by atoms with Crippen LogP contribution in [0, 0.1) is 5.92 Å². The van der Waals surface area contributed by atoms with Crippen molar-refractivity contribution in [1.82, 2.24) is 19.8 Å². The molecule has 0 unspecified atom stereocenters. The van der Waals surface area contributed by atoms with E-state index < -0.39 is 5.54 Å². The molecule has 1 aromatic rings. The highest BCUT2D eigenvalue weighted by atomic mass is 16.5. The van der Waals surface area contributed by atoms with Crippen molar-refractivity contribution in [2.75, 3.05) is 38.7 Å². The zero-order valence-corrected chi connectivity index (χ0v) is 15.2. The normalized spacial score (nSPS) is 20.1. The van der Waals surface area contributed by atoms with Gasteiger partial charge in [-0.25, -0.2) is 14.8 Å². The van der Waals surface area contributed by atoms with E-state index in [2.05, 4.69) is 28.7 Å². The first-order valence-corrected chi connectivity index (χ1v) is 8.60. The van der Waals surface area contributed by atoms with Crippen LogP contribution in [0.1, 0.15) is 26.7 Å². The molecule has 0 saturated carbocycles. The Morgan fingerprint density at radius 1 is 1.20 bits per heavy atom. The minimum Gasteiger partial charge on any atom is -0.478 e. The van der Waals surface area contributed by atoms with Crippen molar-refractivity contribution in [2.45, 2.75) is 32.2 Å². The maximum Gasteiger partial charge on any atom is 0.327 e. The van der Waals surface area contributed by atoms with Crippen molar-refractivity contribution >= 4 is 17.8 Å². The van der Waals surface area contributed by atoms with Crippen LogP contribution in [0.5, 0.6) is 5.88 Å². The molecule has 8 heteroatoms. The van der Waals surface area contributed by atoms with Gasteiger partial charge in [-0.2, -0.15) is 0 Å². The molecule has 3 rings (SSSR count). The maximum absolute atomic E-state index is 12.8. The molecule has 0 aliphatic carbocycles. The van der Waals surface area contributed by atoms with E-state index in [0.29, 0.717) is 50.1 Å². The number of likely N-dealkylation sites (N-methyl/N-ethyl adjacent to an activating group) is 1. The summed E-state index contributed by atoms with van der Waals surface area (Å²) in [6.07, 6.45) is 4.38. The lowest BCUT2D eigenvalue weighted by Crippen LogP contribution is -2.57. The van der Waals surface area contributed by atoms with Gasteiger partial charge in [0.15, 0.2) is 5.82 Å². The molecule has 0 N–H and O–H groups in total. The molecule has 8 nitrogen and oxygen atoms in total. The van der Waals surface area contributed by atoms with Crippen LogP contribution < -0.4 is 9.64 Å². The van der Waals surface area contributed by atoms with E-state index >= 15 is 0 Å². The van der Waals surface area contributed by atoms with Gasteiger partial charge < -0.3 is 14.5 Å². The van der Waals surface area contributed by atoms with Crippen LogP contribution in [-0.4, -0.2) is 71.0 Å². The second-order valence-electron chi connectivity index (χ2n) is 7.06. The van der Waals surface area contributed by atoms with E-state index in [4.69, 9.17) is 4.74 Å². The van der Waals surface area contributed by atoms with Crippen LogP contribution in [-0.2, 0) is 4.79 Å². The van der Waals surface area contributed by atoms with Gasteiger partial charge in [-0.05, 0) is 18.8 Å². The Hall–Kier alpha value is -2.38. The van der Waals surface area contributed by atoms with Gasteiger partial charge in [0, 0.05) is 39.1 Å². The Balaban J connectivity index is 1.83. The Labute approximate surface area is 147 Å². The highest BCUT2D eigenvalue weighted by molar-refractivity contribution is 6.07. The largest absolute Gasteiger partial charge is 0.478 e. The number of methoxy groups -OCH3 is 1. The zero-order chi connectivity index (χ0) is 18.2. The summed E-state index contributed by atoms with van der Waals surface area (Å²) in [4.78, 5) is 39.1. The molecule has 0 atom stereocenters. The Morgan fingerprint density at radius 3 is 2.44 bits per heavy atom. The van der Waals surface area contributed by atoms with E-state index in [1.165, 1.54) is 4.90 Å². The fourth-order valence-corrected chi connectivity index (χ4v) is 3.75. The van der Waals surface area contributed by atoms with Crippen LogP contribution in [0.2, 0.25) is 0 Å². The fourth-order valence-electron chi connectivity index (χ4n) is 3.75. The van der Waals surface area contributed by atoms with Crippen LogP contribution in [0.4, 0.5) is 10.6 Å². The van der Waals surface area contributed by atoms with Crippen LogP contribution in [0.25, 0.3) is 0 Å². The minimum atomic E-state index is -0.734. The van der Waals surface area contributed by atoms with Crippen molar-refractivity contribution in [3.8, 4) is 5.88 Å². The number of rotatable bonds is 4. The molecule has 2 fully saturated rings. The van der Waals surface area contributed by atoms with E-state index in [1.807, 2.05) is 0 Å². The van der Waals surface area contributed by atoms with E-state index in [-0.39, 0.29) is 11.9 Å². The highest BCUT2D eigenvalue weighted by Crippen LogP contribution is 2.39. The smallest absolute Gasteiger partial charge is 0.327 e. The molecule has 0 radical (unpaired) electrons. The number of nitrogens with zero attached hydrogens (tertiary/aromatic N) is 5. The van der Waals surface area contributed by atoms with E-state index in [9.17, 15) is 9.59 Å². The number of carbonyl (C=O) groups is 2. The van der Waals surface area contributed by atoms with Gasteiger partial charge in [-0.15, -0.1) is 0 Å². The Bertz CT molecular complexity index is 670. The van der Waals surface area contributed by atoms with Gasteiger partial charge >= 0.3 is 6.03 Å². The first-order valence-electron chi connectivity index (χ1n) is 8.60. The van der Waals surface area contributed by atoms with E-state index in [1.54, 1.807) is 31.5 Å². The molecule has 3 amide bonds. The third-order valence-corrected chi connectivity index (χ3v) is 5.02. The van der Waals surface area contributed by atoms with Crippen molar-refractivity contribution in [2.24, 2.45) is 5.92 Å². The number of hydrogen-bond donors (Lipinski definition) is 0. The quantitative estimate of drug-likeness (QED) is 0.766. The van der Waals surface area contributed by atoms with Gasteiger partial charge in [0.2, 0.25) is 0 Å². The number of anilines is 1. The molecule has 0 bridgehead atoms. The van der Waals surface area contributed by atoms with Crippen LogP contribution >= 0.6 is 0 Å². The molecule has 2 saturated heterocycles. The highest BCUT2D eigenvalue weighted by Gasteiger charge is 2.56. The summed E-state index contributed by atoms with van der Waals surface area (Å²) >= 11 is 0. The standard InChI is InChI=1S/C17H25N5O3/c1-12(2)11-22-16(24)20(3)15(23)17(22)5-9-21(10-6-17)13-14(25-4)19-8-7-18-13/h7-8,12H,5-6,9-11H2,1-4H3. The summed E-state index contributed by atoms with van der Waals surface area (Å²) in [6.45, 7) is 5.95. The topological polar surface area (TPSA) is 78.9 Å². The predicted octanol–water partition coefficient (Wildman–Crippen LogP) is 1.37. The summed E-state index contributed by atoms with van der Waals surface area (Å²) in [6, 6.07) is -0.191. The second kappa shape index (κ2) is 6.50. The van der Waals surface area contributed by atoms with Crippen molar-refractivity contribution in [3.63, 3.8) is 0 Å². The number of hydrogen-bond acceptors (Lipinski definition) is 6. The third-order valence-electron chi connectivity index (χ3n) is 5.02. The second-order valence-corrected chi connectivity index (χ2v) is 7.06. The van der Waals surface area contributed by atoms with Gasteiger partial charge in [0.1, 0.15) is 5.54 Å². The zero-order valence-electron chi connectivity index (χ0n) is 15.2. The molecule has 1 aromatic heterocycles. The molecule has 3 heterocycles. The third kappa shape index (κ3) is 2.79. The summed E-state index contributed by atoms with van der Waals surface area (Å²) in [5, 5.41) is 0. The molecule has 2 aliphatic heterocycles.